The normalized spacial score (nSPS) is 10.9. The molecule has 0 spiro atoms. The van der Waals surface area contributed by atoms with Crippen molar-refractivity contribution < 1.29 is 0 Å². The molecule has 1 heteroatoms. The number of aryl methyl sites for hydroxylation is 1. The van der Waals surface area contributed by atoms with E-state index in [1.807, 2.05) is 6.07 Å². The minimum Gasteiger partial charge on any atom is -0.310 e. The Bertz CT molecular complexity index is 1050. The molecule has 0 amide bonds. The first-order valence-corrected chi connectivity index (χ1v) is 9.55. The van der Waals surface area contributed by atoms with Gasteiger partial charge in [0.2, 0.25) is 0 Å². The summed E-state index contributed by atoms with van der Waals surface area (Å²) in [4.78, 5) is 2.31. The lowest BCUT2D eigenvalue weighted by molar-refractivity contribution is 1.25. The summed E-state index contributed by atoms with van der Waals surface area (Å²) in [6.45, 7) is 2.16. The summed E-state index contributed by atoms with van der Waals surface area (Å²) < 4.78 is 0. The van der Waals surface area contributed by atoms with Crippen LogP contribution in [0.2, 0.25) is 0 Å². The van der Waals surface area contributed by atoms with Crippen molar-refractivity contribution in [2.75, 3.05) is 4.90 Å². The molecule has 1 nitrogen and oxygen atoms in total. The molecule has 0 N–H and O–H groups in total. The fourth-order valence-corrected chi connectivity index (χ4v) is 3.31. The Hall–Kier alpha value is -3.58. The highest BCUT2D eigenvalue weighted by atomic mass is 15.1. The third-order valence-corrected chi connectivity index (χ3v) is 4.79. The van der Waals surface area contributed by atoms with Gasteiger partial charge in [0, 0.05) is 17.1 Å². The second-order valence-corrected chi connectivity index (χ2v) is 6.79. The molecule has 0 saturated heterocycles. The monoisotopic (exact) mass is 361 g/mol. The zero-order chi connectivity index (χ0) is 19.2. The van der Waals surface area contributed by atoms with Crippen LogP contribution in [0.4, 0.5) is 17.1 Å². The van der Waals surface area contributed by atoms with E-state index in [1.165, 1.54) is 22.4 Å². The van der Waals surface area contributed by atoms with Crippen LogP contribution in [-0.2, 0) is 0 Å². The van der Waals surface area contributed by atoms with Crippen LogP contribution in [0.1, 0.15) is 16.7 Å². The lowest BCUT2D eigenvalue weighted by Crippen LogP contribution is -2.11. The number of benzene rings is 4. The summed E-state index contributed by atoms with van der Waals surface area (Å²) >= 11 is 0. The molecule has 0 aliphatic carbocycles. The molecule has 0 aliphatic heterocycles. The minimum atomic E-state index is 1.15. The Labute approximate surface area is 167 Å². The average Bonchev–Trinajstić information content (AvgIpc) is 2.76. The van der Waals surface area contributed by atoms with Crippen LogP contribution in [0, 0.1) is 6.92 Å². The van der Waals surface area contributed by atoms with Gasteiger partial charge in [-0.1, -0.05) is 91.0 Å². The van der Waals surface area contributed by atoms with Crippen molar-refractivity contribution in [2.24, 2.45) is 0 Å². The van der Waals surface area contributed by atoms with Gasteiger partial charge in [0.1, 0.15) is 0 Å². The number of hydrogen-bond donors (Lipinski definition) is 0. The quantitative estimate of drug-likeness (QED) is 0.330. The first-order valence-electron chi connectivity index (χ1n) is 9.55. The molecular weight excluding hydrogens is 338 g/mol. The lowest BCUT2D eigenvalue weighted by Gasteiger charge is -2.27. The van der Waals surface area contributed by atoms with Crippen LogP contribution in [0.5, 0.6) is 0 Å². The molecule has 4 rings (SSSR count). The summed E-state index contributed by atoms with van der Waals surface area (Å²) in [6.07, 6.45) is 4.30. The maximum atomic E-state index is 2.31. The molecule has 0 radical (unpaired) electrons. The van der Waals surface area contributed by atoms with Crippen LogP contribution >= 0.6 is 0 Å². The highest BCUT2D eigenvalue weighted by Crippen LogP contribution is 2.36. The molecule has 0 bridgehead atoms. The molecule has 136 valence electrons. The third kappa shape index (κ3) is 4.05. The fraction of sp³-hybridized carbons (Fsp3) is 0.0370. The van der Waals surface area contributed by atoms with Gasteiger partial charge in [-0.2, -0.15) is 0 Å². The molecule has 0 atom stereocenters. The molecule has 0 aliphatic rings. The van der Waals surface area contributed by atoms with Crippen molar-refractivity contribution in [3.8, 4) is 0 Å². The summed E-state index contributed by atoms with van der Waals surface area (Å²) in [5.41, 5.74) is 7.14. The van der Waals surface area contributed by atoms with Gasteiger partial charge in [0.15, 0.2) is 0 Å². The van der Waals surface area contributed by atoms with E-state index in [1.54, 1.807) is 0 Å². The zero-order valence-corrected chi connectivity index (χ0v) is 16.0. The van der Waals surface area contributed by atoms with Crippen LogP contribution in [0.15, 0.2) is 109 Å². The number of nitrogens with zero attached hydrogens (tertiary/aromatic N) is 1. The maximum Gasteiger partial charge on any atom is 0.0490 e. The first kappa shape index (κ1) is 17.8. The van der Waals surface area contributed by atoms with E-state index in [2.05, 4.69) is 127 Å². The van der Waals surface area contributed by atoms with Crippen molar-refractivity contribution in [3.05, 3.63) is 126 Å². The third-order valence-electron chi connectivity index (χ3n) is 4.79. The second kappa shape index (κ2) is 8.41. The second-order valence-electron chi connectivity index (χ2n) is 6.79. The Kier molecular flexibility index (Phi) is 5.35. The molecule has 28 heavy (non-hydrogen) atoms. The van der Waals surface area contributed by atoms with E-state index in [4.69, 9.17) is 0 Å². The van der Waals surface area contributed by atoms with Crippen molar-refractivity contribution in [3.63, 3.8) is 0 Å². The number of anilines is 3. The van der Waals surface area contributed by atoms with E-state index in [0.717, 1.165) is 11.4 Å². The Morgan fingerprint density at radius 3 is 1.64 bits per heavy atom. The first-order chi connectivity index (χ1) is 13.8. The van der Waals surface area contributed by atoms with Crippen molar-refractivity contribution in [1.82, 2.24) is 0 Å². The van der Waals surface area contributed by atoms with Crippen molar-refractivity contribution in [2.45, 2.75) is 6.92 Å². The fourth-order valence-electron chi connectivity index (χ4n) is 3.31. The predicted octanol–water partition coefficient (Wildman–Crippen LogP) is 7.64. The maximum absolute atomic E-state index is 2.31. The molecule has 0 aromatic heterocycles. The number of para-hydroxylation sites is 2. The molecule has 4 aromatic carbocycles. The largest absolute Gasteiger partial charge is 0.310 e. The van der Waals surface area contributed by atoms with Crippen molar-refractivity contribution >= 4 is 29.2 Å². The smallest absolute Gasteiger partial charge is 0.0490 e. The van der Waals surface area contributed by atoms with Gasteiger partial charge in [-0.05, 0) is 53.9 Å². The predicted molar refractivity (Wildman–Crippen MR) is 121 cm³/mol. The highest BCUT2D eigenvalue weighted by Gasteiger charge is 2.13. The van der Waals surface area contributed by atoms with E-state index in [0.29, 0.717) is 0 Å². The van der Waals surface area contributed by atoms with Crippen LogP contribution < -0.4 is 4.90 Å². The van der Waals surface area contributed by atoms with E-state index >= 15 is 0 Å². The molecule has 0 fully saturated rings. The number of rotatable bonds is 5. The van der Waals surface area contributed by atoms with Gasteiger partial charge in [0.05, 0.1) is 0 Å². The van der Waals surface area contributed by atoms with Gasteiger partial charge in [-0.3, -0.25) is 0 Å². The standard InChI is InChI=1S/C27H23N/c1-22-10-8-9-15-27(22)28(25-13-6-3-7-14-25)26-20-18-24(19-21-26)17-16-23-11-4-2-5-12-23/h2-21H,1H3. The minimum absolute atomic E-state index is 1.15. The summed E-state index contributed by atoms with van der Waals surface area (Å²) in [5, 5.41) is 0. The van der Waals surface area contributed by atoms with Gasteiger partial charge < -0.3 is 4.90 Å². The zero-order valence-electron chi connectivity index (χ0n) is 16.0. The molecular formula is C27H23N. The van der Waals surface area contributed by atoms with E-state index < -0.39 is 0 Å². The molecule has 0 heterocycles. The molecule has 0 saturated carbocycles. The summed E-state index contributed by atoms with van der Waals surface area (Å²) in [7, 11) is 0. The van der Waals surface area contributed by atoms with Crippen LogP contribution in [-0.4, -0.2) is 0 Å². The lowest BCUT2D eigenvalue weighted by atomic mass is 10.1. The van der Waals surface area contributed by atoms with Gasteiger partial charge in [-0.15, -0.1) is 0 Å². The molecule has 4 aromatic rings. The topological polar surface area (TPSA) is 3.24 Å². The highest BCUT2D eigenvalue weighted by molar-refractivity contribution is 5.79. The van der Waals surface area contributed by atoms with Gasteiger partial charge >= 0.3 is 0 Å². The van der Waals surface area contributed by atoms with E-state index in [9.17, 15) is 0 Å². The van der Waals surface area contributed by atoms with Gasteiger partial charge in [0.25, 0.3) is 0 Å². The SMILES string of the molecule is Cc1ccccc1N(c1ccccc1)c1ccc(C=Cc2ccccc2)cc1. The summed E-state index contributed by atoms with van der Waals surface area (Å²) in [6, 6.07) is 38.1. The molecule has 0 unspecified atom stereocenters. The van der Waals surface area contributed by atoms with Crippen molar-refractivity contribution in [1.29, 1.82) is 0 Å². The Morgan fingerprint density at radius 1 is 0.500 bits per heavy atom. The average molecular weight is 361 g/mol. The Morgan fingerprint density at radius 2 is 1.00 bits per heavy atom. The van der Waals surface area contributed by atoms with Crippen LogP contribution in [0.3, 0.4) is 0 Å². The number of hydrogen-bond acceptors (Lipinski definition) is 1. The van der Waals surface area contributed by atoms with Crippen LogP contribution in [0.25, 0.3) is 12.2 Å². The Balaban J connectivity index is 1.68. The van der Waals surface area contributed by atoms with E-state index in [-0.39, 0.29) is 0 Å². The van der Waals surface area contributed by atoms with Gasteiger partial charge in [-0.25, -0.2) is 0 Å². The summed E-state index contributed by atoms with van der Waals surface area (Å²) in [5.74, 6) is 0.